The number of aromatic nitrogens is 3. The summed E-state index contributed by atoms with van der Waals surface area (Å²) >= 11 is 0. The molecule has 18 heavy (non-hydrogen) atoms. The third kappa shape index (κ3) is 2.98. The van der Waals surface area contributed by atoms with E-state index in [1.807, 2.05) is 25.4 Å². The molecule has 2 heterocycles. The van der Waals surface area contributed by atoms with E-state index in [-0.39, 0.29) is 11.5 Å². The van der Waals surface area contributed by atoms with Gasteiger partial charge >= 0.3 is 0 Å². The zero-order valence-corrected chi connectivity index (χ0v) is 11.3. The number of hydrogen-bond acceptors (Lipinski definition) is 4. The fourth-order valence-corrected chi connectivity index (χ4v) is 1.54. The van der Waals surface area contributed by atoms with Crippen LogP contribution < -0.4 is 5.32 Å². The molecule has 0 saturated carbocycles. The van der Waals surface area contributed by atoms with E-state index in [1.54, 1.807) is 0 Å². The third-order valence-electron chi connectivity index (χ3n) is 2.76. The Morgan fingerprint density at radius 2 is 2.22 bits per heavy atom. The lowest BCUT2D eigenvalue weighted by molar-refractivity contribution is 0.330. The van der Waals surface area contributed by atoms with Crippen LogP contribution in [0.2, 0.25) is 0 Å². The maximum Gasteiger partial charge on any atom is 0.243 e. The smallest absolute Gasteiger partial charge is 0.243 e. The van der Waals surface area contributed by atoms with Gasteiger partial charge in [-0.05, 0) is 18.6 Å². The second kappa shape index (κ2) is 4.94. The van der Waals surface area contributed by atoms with Gasteiger partial charge in [-0.3, -0.25) is 0 Å². The van der Waals surface area contributed by atoms with Crippen LogP contribution in [0, 0.1) is 0 Å². The molecular weight excluding hydrogens is 228 g/mol. The summed E-state index contributed by atoms with van der Waals surface area (Å²) in [4.78, 5) is 7.46. The fraction of sp³-hybridized carbons (Fsp3) is 0.538. The molecule has 0 spiro atoms. The van der Waals surface area contributed by atoms with Crippen molar-refractivity contribution in [1.82, 2.24) is 20.4 Å². The van der Waals surface area contributed by atoms with Crippen LogP contribution in [-0.2, 0) is 12.0 Å². The number of rotatable bonds is 4. The number of nitrogens with zero attached hydrogens (tertiary/aromatic N) is 2. The van der Waals surface area contributed by atoms with Gasteiger partial charge < -0.3 is 14.8 Å². The van der Waals surface area contributed by atoms with Crippen LogP contribution in [0.3, 0.4) is 0 Å². The van der Waals surface area contributed by atoms with Crippen molar-refractivity contribution in [2.24, 2.45) is 0 Å². The Hall–Kier alpha value is -1.62. The van der Waals surface area contributed by atoms with Gasteiger partial charge in [-0.1, -0.05) is 25.9 Å². The van der Waals surface area contributed by atoms with Crippen LogP contribution >= 0.6 is 0 Å². The van der Waals surface area contributed by atoms with Crippen molar-refractivity contribution in [3.05, 3.63) is 35.7 Å². The van der Waals surface area contributed by atoms with Gasteiger partial charge in [0.2, 0.25) is 5.89 Å². The van der Waals surface area contributed by atoms with E-state index >= 15 is 0 Å². The highest BCUT2D eigenvalue weighted by Gasteiger charge is 2.22. The van der Waals surface area contributed by atoms with Gasteiger partial charge in [0.1, 0.15) is 0 Å². The van der Waals surface area contributed by atoms with Crippen molar-refractivity contribution in [3.8, 4) is 0 Å². The molecule has 2 N–H and O–H groups in total. The molecule has 1 atom stereocenters. The van der Waals surface area contributed by atoms with Crippen LogP contribution in [0.1, 0.15) is 51.0 Å². The molecule has 0 aliphatic rings. The van der Waals surface area contributed by atoms with E-state index in [9.17, 15) is 0 Å². The zero-order valence-electron chi connectivity index (χ0n) is 11.3. The molecule has 0 saturated heterocycles. The van der Waals surface area contributed by atoms with Crippen LogP contribution in [-0.4, -0.2) is 15.1 Å². The normalized spacial score (nSPS) is 13.8. The second-order valence-corrected chi connectivity index (χ2v) is 5.53. The number of nitrogens with one attached hydrogen (secondary N) is 2. The average molecular weight is 248 g/mol. The molecule has 2 aromatic rings. The van der Waals surface area contributed by atoms with Crippen LogP contribution in [0.15, 0.2) is 23.0 Å². The summed E-state index contributed by atoms with van der Waals surface area (Å²) in [6.07, 6.45) is 3.88. The highest BCUT2D eigenvalue weighted by atomic mass is 16.5. The standard InChI is InChI=1S/C13H20N4O/c1-9(15-8-10-5-6-14-7-10)11-16-12(17-18-11)13(2,3)4/h5-7,9,14-15H,8H2,1-4H3. The molecule has 0 fully saturated rings. The molecular formula is C13H20N4O. The Balaban J connectivity index is 1.96. The minimum absolute atomic E-state index is 0.0449. The summed E-state index contributed by atoms with van der Waals surface area (Å²) in [7, 11) is 0. The first-order valence-electron chi connectivity index (χ1n) is 6.16. The third-order valence-corrected chi connectivity index (χ3v) is 2.76. The van der Waals surface area contributed by atoms with Crippen molar-refractivity contribution >= 4 is 0 Å². The van der Waals surface area contributed by atoms with Crippen molar-refractivity contribution in [3.63, 3.8) is 0 Å². The summed E-state index contributed by atoms with van der Waals surface area (Å²) in [6, 6.07) is 2.08. The van der Waals surface area contributed by atoms with Crippen LogP contribution in [0.4, 0.5) is 0 Å². The lowest BCUT2D eigenvalue weighted by Gasteiger charge is -2.11. The maximum atomic E-state index is 5.29. The highest BCUT2D eigenvalue weighted by Crippen LogP contribution is 2.20. The molecule has 1 unspecified atom stereocenters. The zero-order chi connectivity index (χ0) is 13.2. The van der Waals surface area contributed by atoms with E-state index in [0.29, 0.717) is 5.89 Å². The maximum absolute atomic E-state index is 5.29. The second-order valence-electron chi connectivity index (χ2n) is 5.53. The Morgan fingerprint density at radius 3 is 2.78 bits per heavy atom. The molecule has 0 radical (unpaired) electrons. The molecule has 0 bridgehead atoms. The monoisotopic (exact) mass is 248 g/mol. The molecule has 0 aliphatic carbocycles. The first-order chi connectivity index (χ1) is 8.47. The average Bonchev–Trinajstić information content (AvgIpc) is 2.96. The fourth-order valence-electron chi connectivity index (χ4n) is 1.54. The molecule has 5 nitrogen and oxygen atoms in total. The van der Waals surface area contributed by atoms with E-state index in [2.05, 4.69) is 41.2 Å². The van der Waals surface area contributed by atoms with Gasteiger partial charge in [0.05, 0.1) is 6.04 Å². The molecule has 0 amide bonds. The van der Waals surface area contributed by atoms with Gasteiger partial charge in [-0.15, -0.1) is 0 Å². The Bertz CT molecular complexity index is 481. The first-order valence-corrected chi connectivity index (χ1v) is 6.16. The molecule has 5 heteroatoms. The van der Waals surface area contributed by atoms with E-state index < -0.39 is 0 Å². The highest BCUT2D eigenvalue weighted by molar-refractivity contribution is 5.08. The van der Waals surface area contributed by atoms with Crippen LogP contribution in [0.5, 0.6) is 0 Å². The molecule has 98 valence electrons. The summed E-state index contributed by atoms with van der Waals surface area (Å²) in [6.45, 7) is 9.00. The summed E-state index contributed by atoms with van der Waals surface area (Å²) < 4.78 is 5.29. The summed E-state index contributed by atoms with van der Waals surface area (Å²) in [5.74, 6) is 1.38. The van der Waals surface area contributed by atoms with Gasteiger partial charge in [0.15, 0.2) is 5.82 Å². The molecule has 2 aromatic heterocycles. The van der Waals surface area contributed by atoms with Crippen molar-refractivity contribution < 1.29 is 4.52 Å². The van der Waals surface area contributed by atoms with E-state index in [1.165, 1.54) is 5.56 Å². The van der Waals surface area contributed by atoms with Gasteiger partial charge in [0.25, 0.3) is 0 Å². The number of hydrogen-bond donors (Lipinski definition) is 2. The Labute approximate surface area is 107 Å². The quantitative estimate of drug-likeness (QED) is 0.872. The predicted octanol–water partition coefficient (Wildman–Crippen LogP) is 2.55. The predicted molar refractivity (Wildman–Crippen MR) is 69.0 cm³/mol. The number of aromatic amines is 1. The van der Waals surface area contributed by atoms with Gasteiger partial charge in [-0.2, -0.15) is 4.98 Å². The molecule has 2 rings (SSSR count). The summed E-state index contributed by atoms with van der Waals surface area (Å²) in [5.41, 5.74) is 1.12. The SMILES string of the molecule is CC(NCc1cc[nH]c1)c1nc(C(C)(C)C)no1. The lowest BCUT2D eigenvalue weighted by Crippen LogP contribution is -2.19. The summed E-state index contributed by atoms with van der Waals surface area (Å²) in [5, 5.41) is 7.37. The van der Waals surface area contributed by atoms with Crippen LogP contribution in [0.25, 0.3) is 0 Å². The molecule has 0 aromatic carbocycles. The number of H-pyrrole nitrogens is 1. The Kier molecular flexibility index (Phi) is 3.52. The minimum Gasteiger partial charge on any atom is -0.367 e. The van der Waals surface area contributed by atoms with Crippen molar-refractivity contribution in [1.29, 1.82) is 0 Å². The van der Waals surface area contributed by atoms with Gasteiger partial charge in [0, 0.05) is 24.4 Å². The topological polar surface area (TPSA) is 66.7 Å². The molecule has 0 aliphatic heterocycles. The largest absolute Gasteiger partial charge is 0.367 e. The first kappa shape index (κ1) is 12.8. The lowest BCUT2D eigenvalue weighted by atomic mass is 9.96. The van der Waals surface area contributed by atoms with E-state index in [0.717, 1.165) is 12.4 Å². The Morgan fingerprint density at radius 1 is 1.44 bits per heavy atom. The minimum atomic E-state index is -0.0812. The van der Waals surface area contributed by atoms with Gasteiger partial charge in [-0.25, -0.2) is 0 Å². The van der Waals surface area contributed by atoms with Crippen molar-refractivity contribution in [2.75, 3.05) is 0 Å². The van der Waals surface area contributed by atoms with Crippen molar-refractivity contribution in [2.45, 2.75) is 45.7 Å². The van der Waals surface area contributed by atoms with E-state index in [4.69, 9.17) is 4.52 Å².